The molecule has 1 aliphatic heterocycles. The van der Waals surface area contributed by atoms with Crippen LogP contribution in [0, 0.1) is 5.92 Å². The maximum Gasteiger partial charge on any atom is 0.202 e. The van der Waals surface area contributed by atoms with Gasteiger partial charge in [-0.05, 0) is 44.2 Å². The maximum absolute atomic E-state index is 12.1. The van der Waals surface area contributed by atoms with Crippen LogP contribution in [0.4, 0.5) is 0 Å². The SMILES string of the molecule is CC1CCOC1C(=O)c1scc(Br)c1Br. The molecule has 2 rings (SSSR count). The highest BCUT2D eigenvalue weighted by Crippen LogP contribution is 2.35. The Kier molecular flexibility index (Phi) is 3.65. The summed E-state index contributed by atoms with van der Waals surface area (Å²) < 4.78 is 7.25. The molecule has 0 aliphatic carbocycles. The fourth-order valence-electron chi connectivity index (χ4n) is 1.65. The van der Waals surface area contributed by atoms with Gasteiger partial charge in [-0.15, -0.1) is 11.3 Å². The fraction of sp³-hybridized carbons (Fsp3) is 0.500. The zero-order valence-corrected chi connectivity index (χ0v) is 12.1. The van der Waals surface area contributed by atoms with Gasteiger partial charge in [0.25, 0.3) is 0 Å². The first-order chi connectivity index (χ1) is 7.11. The Balaban J connectivity index is 2.24. The van der Waals surface area contributed by atoms with Crippen LogP contribution in [0.3, 0.4) is 0 Å². The van der Waals surface area contributed by atoms with Crippen molar-refractivity contribution >= 4 is 49.0 Å². The standard InChI is InChI=1S/C10H10Br2O2S/c1-5-2-3-14-9(5)8(13)10-7(12)6(11)4-15-10/h4-5,9H,2-3H2,1H3. The first-order valence-electron chi connectivity index (χ1n) is 4.69. The molecule has 0 aromatic carbocycles. The molecule has 1 fully saturated rings. The molecule has 1 aromatic heterocycles. The molecular weight excluding hydrogens is 344 g/mol. The first-order valence-corrected chi connectivity index (χ1v) is 7.16. The quantitative estimate of drug-likeness (QED) is 0.754. The Morgan fingerprint density at radius 2 is 2.33 bits per heavy atom. The van der Waals surface area contributed by atoms with Crippen molar-refractivity contribution in [2.45, 2.75) is 19.4 Å². The van der Waals surface area contributed by atoms with E-state index in [1.165, 1.54) is 11.3 Å². The van der Waals surface area contributed by atoms with Gasteiger partial charge < -0.3 is 4.74 Å². The first kappa shape index (κ1) is 11.8. The van der Waals surface area contributed by atoms with Crippen LogP contribution in [0.5, 0.6) is 0 Å². The van der Waals surface area contributed by atoms with Gasteiger partial charge in [-0.2, -0.15) is 0 Å². The van der Waals surface area contributed by atoms with Gasteiger partial charge in [-0.3, -0.25) is 4.79 Å². The molecular formula is C10H10Br2O2S. The number of carbonyl (C=O) groups is 1. The highest BCUT2D eigenvalue weighted by Gasteiger charge is 2.33. The third kappa shape index (κ3) is 2.20. The van der Waals surface area contributed by atoms with Crippen molar-refractivity contribution < 1.29 is 9.53 Å². The Morgan fingerprint density at radius 3 is 2.80 bits per heavy atom. The summed E-state index contributed by atoms with van der Waals surface area (Å²) in [4.78, 5) is 12.9. The van der Waals surface area contributed by atoms with E-state index < -0.39 is 0 Å². The number of ether oxygens (including phenoxy) is 1. The van der Waals surface area contributed by atoms with Gasteiger partial charge in [-0.25, -0.2) is 0 Å². The number of rotatable bonds is 2. The third-order valence-electron chi connectivity index (χ3n) is 2.56. The third-order valence-corrected chi connectivity index (χ3v) is 6.10. The van der Waals surface area contributed by atoms with Crippen molar-refractivity contribution in [2.24, 2.45) is 5.92 Å². The number of ketones is 1. The predicted molar refractivity (Wildman–Crippen MR) is 67.6 cm³/mol. The maximum atomic E-state index is 12.1. The smallest absolute Gasteiger partial charge is 0.202 e. The largest absolute Gasteiger partial charge is 0.370 e. The second-order valence-corrected chi connectivity index (χ2v) is 6.18. The molecule has 2 atom stereocenters. The van der Waals surface area contributed by atoms with Gasteiger partial charge in [0.15, 0.2) is 0 Å². The van der Waals surface area contributed by atoms with Gasteiger partial charge >= 0.3 is 0 Å². The number of hydrogen-bond acceptors (Lipinski definition) is 3. The minimum Gasteiger partial charge on any atom is -0.370 e. The molecule has 82 valence electrons. The lowest BCUT2D eigenvalue weighted by molar-refractivity contribution is 0.0583. The fourth-order valence-corrected chi connectivity index (χ4v) is 3.79. The summed E-state index contributed by atoms with van der Waals surface area (Å²) in [6.45, 7) is 2.76. The van der Waals surface area contributed by atoms with Gasteiger partial charge in [0.05, 0.1) is 9.35 Å². The van der Waals surface area contributed by atoms with Gasteiger partial charge in [0.2, 0.25) is 5.78 Å². The van der Waals surface area contributed by atoms with Crippen LogP contribution in [0.1, 0.15) is 23.0 Å². The molecule has 1 saturated heterocycles. The molecule has 0 saturated carbocycles. The van der Waals surface area contributed by atoms with E-state index in [2.05, 4.69) is 38.8 Å². The molecule has 5 heteroatoms. The summed E-state index contributed by atoms with van der Waals surface area (Å²) in [7, 11) is 0. The van der Waals surface area contributed by atoms with E-state index in [0.717, 1.165) is 20.2 Å². The van der Waals surface area contributed by atoms with E-state index in [4.69, 9.17) is 4.74 Å². The summed E-state index contributed by atoms with van der Waals surface area (Å²) in [5, 5.41) is 1.91. The van der Waals surface area contributed by atoms with E-state index in [9.17, 15) is 4.79 Å². The normalized spacial score (nSPS) is 25.8. The van der Waals surface area contributed by atoms with Crippen LogP contribution < -0.4 is 0 Å². The van der Waals surface area contributed by atoms with Crippen molar-refractivity contribution in [1.82, 2.24) is 0 Å². The van der Waals surface area contributed by atoms with E-state index in [-0.39, 0.29) is 11.9 Å². The summed E-state index contributed by atoms with van der Waals surface area (Å²) in [6, 6.07) is 0. The Hall–Kier alpha value is 0.290. The zero-order chi connectivity index (χ0) is 11.0. The summed E-state index contributed by atoms with van der Waals surface area (Å²) in [5.74, 6) is 0.424. The van der Waals surface area contributed by atoms with Gasteiger partial charge in [0.1, 0.15) is 6.10 Å². The van der Waals surface area contributed by atoms with Crippen molar-refractivity contribution in [1.29, 1.82) is 0 Å². The molecule has 0 radical (unpaired) electrons. The minimum atomic E-state index is -0.258. The van der Waals surface area contributed by atoms with Crippen LogP contribution in [0.15, 0.2) is 14.3 Å². The minimum absolute atomic E-state index is 0.0996. The number of thiophene rings is 1. The van der Waals surface area contributed by atoms with Crippen LogP contribution in [-0.2, 0) is 4.74 Å². The highest BCUT2D eigenvalue weighted by atomic mass is 79.9. The molecule has 2 unspecified atom stereocenters. The predicted octanol–water partition coefficient (Wildman–Crippen LogP) is 3.88. The number of hydrogen-bond donors (Lipinski definition) is 0. The van der Waals surface area contributed by atoms with Crippen molar-refractivity contribution in [3.05, 3.63) is 19.2 Å². The lowest BCUT2D eigenvalue weighted by atomic mass is 10.00. The van der Waals surface area contributed by atoms with Crippen molar-refractivity contribution in [3.8, 4) is 0 Å². The van der Waals surface area contributed by atoms with Gasteiger partial charge in [-0.1, -0.05) is 6.92 Å². The molecule has 15 heavy (non-hydrogen) atoms. The summed E-state index contributed by atoms with van der Waals surface area (Å²) >= 11 is 8.23. The Bertz CT molecular complexity index is 389. The molecule has 0 bridgehead atoms. The van der Waals surface area contributed by atoms with Crippen LogP contribution in [0.25, 0.3) is 0 Å². The Morgan fingerprint density at radius 1 is 1.60 bits per heavy atom. The van der Waals surface area contributed by atoms with Crippen LogP contribution in [0.2, 0.25) is 0 Å². The highest BCUT2D eigenvalue weighted by molar-refractivity contribution is 9.13. The average Bonchev–Trinajstić information content (AvgIpc) is 2.75. The molecule has 2 heterocycles. The number of halogens is 2. The van der Waals surface area contributed by atoms with Crippen molar-refractivity contribution in [3.63, 3.8) is 0 Å². The lowest BCUT2D eigenvalue weighted by Crippen LogP contribution is -2.24. The van der Waals surface area contributed by atoms with E-state index in [1.807, 2.05) is 5.38 Å². The van der Waals surface area contributed by atoms with E-state index >= 15 is 0 Å². The van der Waals surface area contributed by atoms with Gasteiger partial charge in [0, 0.05) is 16.5 Å². The number of carbonyl (C=O) groups excluding carboxylic acids is 1. The average molecular weight is 354 g/mol. The topological polar surface area (TPSA) is 26.3 Å². The summed E-state index contributed by atoms with van der Waals surface area (Å²) in [6.07, 6.45) is 0.715. The second-order valence-electron chi connectivity index (χ2n) is 3.65. The van der Waals surface area contributed by atoms with Crippen molar-refractivity contribution in [2.75, 3.05) is 6.61 Å². The van der Waals surface area contributed by atoms with E-state index in [0.29, 0.717) is 12.5 Å². The Labute approximate surface area is 109 Å². The molecule has 1 aromatic rings. The molecule has 2 nitrogen and oxygen atoms in total. The monoisotopic (exact) mass is 352 g/mol. The zero-order valence-electron chi connectivity index (χ0n) is 8.13. The lowest BCUT2D eigenvalue weighted by Gasteiger charge is -2.12. The number of Topliss-reactive ketones (excluding diaryl/α,β-unsaturated/α-hetero) is 1. The van der Waals surface area contributed by atoms with Crippen LogP contribution in [-0.4, -0.2) is 18.5 Å². The molecule has 0 amide bonds. The molecule has 1 aliphatic rings. The molecule has 0 spiro atoms. The molecule has 0 N–H and O–H groups in total. The second kappa shape index (κ2) is 4.65. The summed E-state index contributed by atoms with van der Waals surface area (Å²) in [5.41, 5.74) is 0. The van der Waals surface area contributed by atoms with Crippen LogP contribution >= 0.6 is 43.2 Å². The van der Waals surface area contributed by atoms with E-state index in [1.54, 1.807) is 0 Å².